The van der Waals surface area contributed by atoms with Crippen molar-refractivity contribution in [1.29, 1.82) is 0 Å². The molecule has 0 radical (unpaired) electrons. The Kier molecular flexibility index (Phi) is 7.38. The standard InChI is InChI=1S/C19H21ClN2O4S/c1-11-12(2)27-18(22-13(3)23)17(11)19(25)26-10-16(24)21-9-8-14-4-6-15(20)7-5-14/h4-7H,8-10H2,1-3H3,(H,21,24)(H,22,23). The number of nitrogens with one attached hydrogen (secondary N) is 2. The zero-order valence-corrected chi connectivity index (χ0v) is 16.9. The Hall–Kier alpha value is -2.38. The molecule has 0 aliphatic rings. The molecule has 8 heteroatoms. The first kappa shape index (κ1) is 20.9. The Morgan fingerprint density at radius 2 is 1.81 bits per heavy atom. The van der Waals surface area contributed by atoms with Crippen LogP contribution in [0.4, 0.5) is 5.00 Å². The Labute approximate surface area is 166 Å². The molecule has 0 bridgehead atoms. The second-order valence-electron chi connectivity index (χ2n) is 5.97. The normalized spacial score (nSPS) is 10.4. The number of amides is 2. The Morgan fingerprint density at radius 1 is 1.15 bits per heavy atom. The van der Waals surface area contributed by atoms with E-state index < -0.39 is 5.97 Å². The Bertz CT molecular complexity index is 846. The van der Waals surface area contributed by atoms with Gasteiger partial charge >= 0.3 is 5.97 Å². The van der Waals surface area contributed by atoms with E-state index in [9.17, 15) is 14.4 Å². The third-order valence-corrected chi connectivity index (χ3v) is 5.24. The molecule has 1 aromatic heterocycles. The summed E-state index contributed by atoms with van der Waals surface area (Å²) in [7, 11) is 0. The summed E-state index contributed by atoms with van der Waals surface area (Å²) in [6.45, 7) is 5.04. The zero-order chi connectivity index (χ0) is 20.0. The molecule has 144 valence electrons. The monoisotopic (exact) mass is 408 g/mol. The minimum atomic E-state index is -0.631. The van der Waals surface area contributed by atoms with Gasteiger partial charge in [-0.25, -0.2) is 4.79 Å². The van der Waals surface area contributed by atoms with E-state index >= 15 is 0 Å². The maximum absolute atomic E-state index is 12.4. The SMILES string of the molecule is CC(=O)Nc1sc(C)c(C)c1C(=O)OCC(=O)NCCc1ccc(Cl)cc1. The van der Waals surface area contributed by atoms with Gasteiger partial charge in [-0.3, -0.25) is 9.59 Å². The minimum Gasteiger partial charge on any atom is -0.452 e. The molecule has 2 amide bonds. The van der Waals surface area contributed by atoms with Crippen LogP contribution >= 0.6 is 22.9 Å². The fourth-order valence-corrected chi connectivity index (χ4v) is 3.59. The molecule has 0 saturated heterocycles. The summed E-state index contributed by atoms with van der Waals surface area (Å²) in [6.07, 6.45) is 0.645. The van der Waals surface area contributed by atoms with Crippen LogP contribution in [0.5, 0.6) is 0 Å². The van der Waals surface area contributed by atoms with Gasteiger partial charge in [0.2, 0.25) is 5.91 Å². The van der Waals surface area contributed by atoms with E-state index in [1.807, 2.05) is 19.1 Å². The van der Waals surface area contributed by atoms with E-state index in [1.165, 1.54) is 18.3 Å². The third-order valence-electron chi connectivity index (χ3n) is 3.86. The van der Waals surface area contributed by atoms with Gasteiger partial charge in [0, 0.05) is 23.4 Å². The lowest BCUT2D eigenvalue weighted by atomic mass is 10.1. The van der Waals surface area contributed by atoms with Crippen LogP contribution in [-0.2, 0) is 20.7 Å². The number of hydrogen-bond donors (Lipinski definition) is 2. The maximum Gasteiger partial charge on any atom is 0.341 e. The number of ether oxygens (including phenoxy) is 1. The van der Waals surface area contributed by atoms with Crippen LogP contribution in [0.25, 0.3) is 0 Å². The number of carbonyl (C=O) groups excluding carboxylic acids is 3. The summed E-state index contributed by atoms with van der Waals surface area (Å²) in [5.41, 5.74) is 2.07. The van der Waals surface area contributed by atoms with Gasteiger partial charge in [-0.05, 0) is 43.5 Å². The van der Waals surface area contributed by atoms with E-state index in [0.717, 1.165) is 16.0 Å². The van der Waals surface area contributed by atoms with Gasteiger partial charge in [0.25, 0.3) is 5.91 Å². The van der Waals surface area contributed by atoms with Crippen LogP contribution in [0.3, 0.4) is 0 Å². The van der Waals surface area contributed by atoms with Gasteiger partial charge in [-0.2, -0.15) is 0 Å². The van der Waals surface area contributed by atoms with Gasteiger partial charge in [-0.15, -0.1) is 11.3 Å². The second-order valence-corrected chi connectivity index (χ2v) is 7.63. The van der Waals surface area contributed by atoms with E-state index in [1.54, 1.807) is 19.1 Å². The molecule has 0 aliphatic carbocycles. The van der Waals surface area contributed by atoms with E-state index in [4.69, 9.17) is 16.3 Å². The van der Waals surface area contributed by atoms with Crippen LogP contribution in [0.1, 0.15) is 33.3 Å². The number of carbonyl (C=O) groups is 3. The lowest BCUT2D eigenvalue weighted by Gasteiger charge is -2.08. The van der Waals surface area contributed by atoms with Crippen molar-refractivity contribution >= 4 is 45.7 Å². The average Bonchev–Trinajstić information content (AvgIpc) is 2.87. The van der Waals surface area contributed by atoms with E-state index in [0.29, 0.717) is 28.6 Å². The summed E-state index contributed by atoms with van der Waals surface area (Å²) < 4.78 is 5.11. The topological polar surface area (TPSA) is 84.5 Å². The first-order valence-corrected chi connectivity index (χ1v) is 9.53. The summed E-state index contributed by atoms with van der Waals surface area (Å²) in [5.74, 6) is -1.29. The number of thiophene rings is 1. The molecule has 2 N–H and O–H groups in total. The van der Waals surface area contributed by atoms with Crippen molar-refractivity contribution in [3.05, 3.63) is 50.9 Å². The number of rotatable bonds is 7. The van der Waals surface area contributed by atoms with Crippen molar-refractivity contribution in [2.45, 2.75) is 27.2 Å². The smallest absolute Gasteiger partial charge is 0.341 e. The van der Waals surface area contributed by atoms with Crippen molar-refractivity contribution < 1.29 is 19.1 Å². The number of aryl methyl sites for hydroxylation is 1. The van der Waals surface area contributed by atoms with Crippen LogP contribution in [0.15, 0.2) is 24.3 Å². The average molecular weight is 409 g/mol. The van der Waals surface area contributed by atoms with Gasteiger partial charge in [0.1, 0.15) is 5.00 Å². The predicted molar refractivity (Wildman–Crippen MR) is 107 cm³/mol. The van der Waals surface area contributed by atoms with Gasteiger partial charge < -0.3 is 15.4 Å². The van der Waals surface area contributed by atoms with Crippen LogP contribution in [0.2, 0.25) is 5.02 Å². The summed E-state index contributed by atoms with van der Waals surface area (Å²) >= 11 is 7.13. The van der Waals surface area contributed by atoms with E-state index in [-0.39, 0.29) is 18.4 Å². The Morgan fingerprint density at radius 3 is 2.44 bits per heavy atom. The van der Waals surface area contributed by atoms with Crippen molar-refractivity contribution in [3.63, 3.8) is 0 Å². The van der Waals surface area contributed by atoms with Gasteiger partial charge in [-0.1, -0.05) is 23.7 Å². The fourth-order valence-electron chi connectivity index (χ4n) is 2.37. The maximum atomic E-state index is 12.4. The van der Waals surface area contributed by atoms with Crippen molar-refractivity contribution in [2.24, 2.45) is 0 Å². The molecule has 1 heterocycles. The molecule has 0 atom stereocenters. The van der Waals surface area contributed by atoms with E-state index in [2.05, 4.69) is 10.6 Å². The Balaban J connectivity index is 1.85. The molecule has 6 nitrogen and oxygen atoms in total. The molecule has 2 aromatic rings. The molecule has 2 rings (SSSR count). The quantitative estimate of drug-likeness (QED) is 0.687. The van der Waals surface area contributed by atoms with Crippen molar-refractivity contribution in [2.75, 3.05) is 18.5 Å². The molecule has 0 unspecified atom stereocenters. The zero-order valence-electron chi connectivity index (χ0n) is 15.3. The van der Waals surface area contributed by atoms with Crippen LogP contribution in [-0.4, -0.2) is 30.9 Å². The second kappa shape index (κ2) is 9.53. The molecular formula is C19H21ClN2O4S. The largest absolute Gasteiger partial charge is 0.452 e. The summed E-state index contributed by atoms with van der Waals surface area (Å²) in [6, 6.07) is 7.36. The highest BCUT2D eigenvalue weighted by Gasteiger charge is 2.22. The fraction of sp³-hybridized carbons (Fsp3) is 0.316. The lowest BCUT2D eigenvalue weighted by molar-refractivity contribution is -0.124. The van der Waals surface area contributed by atoms with Crippen LogP contribution < -0.4 is 10.6 Å². The van der Waals surface area contributed by atoms with Crippen molar-refractivity contribution in [1.82, 2.24) is 5.32 Å². The van der Waals surface area contributed by atoms with Gasteiger partial charge in [0.15, 0.2) is 6.61 Å². The molecule has 0 fully saturated rings. The highest BCUT2D eigenvalue weighted by atomic mass is 35.5. The number of anilines is 1. The highest BCUT2D eigenvalue weighted by Crippen LogP contribution is 2.32. The molecule has 0 spiro atoms. The molecule has 27 heavy (non-hydrogen) atoms. The third kappa shape index (κ3) is 6.08. The first-order valence-electron chi connectivity index (χ1n) is 8.33. The van der Waals surface area contributed by atoms with Crippen LogP contribution in [0, 0.1) is 13.8 Å². The lowest BCUT2D eigenvalue weighted by Crippen LogP contribution is -2.30. The molecule has 0 aliphatic heterocycles. The molecule has 0 saturated carbocycles. The van der Waals surface area contributed by atoms with Crippen molar-refractivity contribution in [3.8, 4) is 0 Å². The first-order chi connectivity index (χ1) is 12.8. The summed E-state index contributed by atoms with van der Waals surface area (Å²) in [5, 5.41) is 6.43. The number of esters is 1. The number of halogens is 1. The predicted octanol–water partition coefficient (Wildman–Crippen LogP) is 3.49. The molecular weight excluding hydrogens is 388 g/mol. The number of benzene rings is 1. The minimum absolute atomic E-state index is 0.273. The summed E-state index contributed by atoms with van der Waals surface area (Å²) in [4.78, 5) is 36.5. The molecule has 1 aromatic carbocycles. The van der Waals surface area contributed by atoms with Gasteiger partial charge in [0.05, 0.1) is 5.56 Å². The number of hydrogen-bond acceptors (Lipinski definition) is 5. The highest BCUT2D eigenvalue weighted by molar-refractivity contribution is 7.16.